The van der Waals surface area contributed by atoms with Crippen LogP contribution in [0.2, 0.25) is 0 Å². The summed E-state index contributed by atoms with van der Waals surface area (Å²) in [4.78, 5) is 0. The zero-order valence-corrected chi connectivity index (χ0v) is 8.16. The molecule has 1 aliphatic carbocycles. The first-order valence-electron chi connectivity index (χ1n) is 4.92. The van der Waals surface area contributed by atoms with Crippen molar-refractivity contribution in [3.8, 4) is 0 Å². The van der Waals surface area contributed by atoms with E-state index in [1.54, 1.807) is 0 Å². The van der Waals surface area contributed by atoms with Gasteiger partial charge in [0.2, 0.25) is 0 Å². The molecule has 0 saturated heterocycles. The highest BCUT2D eigenvalue weighted by Crippen LogP contribution is 2.19. The van der Waals surface area contributed by atoms with E-state index < -0.39 is 0 Å². The van der Waals surface area contributed by atoms with Crippen molar-refractivity contribution in [3.63, 3.8) is 0 Å². The topological polar surface area (TPSA) is 44.5 Å². The minimum absolute atomic E-state index is 0.656. The highest BCUT2D eigenvalue weighted by Gasteiger charge is 2.10. The Morgan fingerprint density at radius 2 is 2.14 bits per heavy atom. The zero-order chi connectivity index (χ0) is 9.80. The molecule has 0 saturated carbocycles. The second-order valence-electron chi connectivity index (χ2n) is 3.46. The van der Waals surface area contributed by atoms with Gasteiger partial charge in [-0.25, -0.2) is 0 Å². The van der Waals surface area contributed by atoms with Crippen molar-refractivity contribution >= 4 is 0 Å². The van der Waals surface area contributed by atoms with Crippen molar-refractivity contribution in [2.24, 2.45) is 5.73 Å². The van der Waals surface area contributed by atoms with Gasteiger partial charge in [-0.1, -0.05) is 6.08 Å². The van der Waals surface area contributed by atoms with Crippen LogP contribution in [-0.2, 0) is 9.47 Å². The molecule has 3 heteroatoms. The van der Waals surface area contributed by atoms with Gasteiger partial charge in [-0.05, 0) is 18.6 Å². The number of rotatable bonds is 0. The van der Waals surface area contributed by atoms with Gasteiger partial charge in [0.1, 0.15) is 5.76 Å². The molecule has 2 aliphatic rings. The first kappa shape index (κ1) is 9.34. The maximum absolute atomic E-state index is 5.72. The van der Waals surface area contributed by atoms with Crippen LogP contribution in [0.5, 0.6) is 0 Å². The van der Waals surface area contributed by atoms with Gasteiger partial charge in [-0.15, -0.1) is 0 Å². The Bertz CT molecular complexity index is 302. The Balaban J connectivity index is 2.19. The molecule has 1 aliphatic heterocycles. The summed E-state index contributed by atoms with van der Waals surface area (Å²) in [6.45, 7) is 2.16. The number of nitrogens with two attached hydrogens (primary N) is 1. The lowest BCUT2D eigenvalue weighted by atomic mass is 10.1. The molecule has 0 aromatic carbocycles. The lowest BCUT2D eigenvalue weighted by Crippen LogP contribution is -2.10. The summed E-state index contributed by atoms with van der Waals surface area (Å²) in [5.74, 6) is 0.932. The summed E-state index contributed by atoms with van der Waals surface area (Å²) in [6.07, 6.45) is 7.58. The molecule has 0 aromatic rings. The first-order chi connectivity index (χ1) is 6.86. The van der Waals surface area contributed by atoms with Gasteiger partial charge in [0, 0.05) is 17.7 Å². The Hall–Kier alpha value is -1.22. The summed E-state index contributed by atoms with van der Waals surface area (Å²) in [6, 6.07) is 0. The Morgan fingerprint density at radius 1 is 1.21 bits per heavy atom. The van der Waals surface area contributed by atoms with Crippen LogP contribution in [0.25, 0.3) is 0 Å². The molecule has 0 bridgehead atoms. The maximum Gasteiger partial charge on any atom is 0.121 e. The molecule has 0 atom stereocenters. The highest BCUT2D eigenvalue weighted by atomic mass is 16.5. The molecule has 0 fully saturated rings. The summed E-state index contributed by atoms with van der Waals surface area (Å²) < 4.78 is 11.1. The van der Waals surface area contributed by atoms with Crippen molar-refractivity contribution in [1.82, 2.24) is 0 Å². The van der Waals surface area contributed by atoms with Gasteiger partial charge in [0.05, 0.1) is 19.8 Å². The van der Waals surface area contributed by atoms with Crippen LogP contribution >= 0.6 is 0 Å². The van der Waals surface area contributed by atoms with Crippen LogP contribution in [0.4, 0.5) is 0 Å². The smallest absolute Gasteiger partial charge is 0.121 e. The third kappa shape index (κ3) is 2.17. The second kappa shape index (κ2) is 4.33. The van der Waals surface area contributed by atoms with E-state index in [1.807, 2.05) is 18.2 Å². The minimum Gasteiger partial charge on any atom is -0.493 e. The van der Waals surface area contributed by atoms with Crippen LogP contribution in [0, 0.1) is 0 Å². The molecule has 0 aromatic heterocycles. The number of hydrogen-bond acceptors (Lipinski definition) is 3. The average molecular weight is 193 g/mol. The van der Waals surface area contributed by atoms with E-state index in [9.17, 15) is 0 Å². The van der Waals surface area contributed by atoms with Crippen LogP contribution in [-0.4, -0.2) is 19.8 Å². The maximum atomic E-state index is 5.72. The van der Waals surface area contributed by atoms with Crippen molar-refractivity contribution in [3.05, 3.63) is 35.3 Å². The molecule has 0 amide bonds. The molecule has 76 valence electrons. The van der Waals surface area contributed by atoms with Gasteiger partial charge >= 0.3 is 0 Å². The molecule has 0 spiro atoms. The molecule has 2 N–H and O–H groups in total. The third-order valence-corrected chi connectivity index (χ3v) is 2.33. The van der Waals surface area contributed by atoms with Crippen LogP contribution in [0.3, 0.4) is 0 Å². The van der Waals surface area contributed by atoms with Gasteiger partial charge in [-0.3, -0.25) is 0 Å². The van der Waals surface area contributed by atoms with E-state index in [1.165, 1.54) is 5.57 Å². The van der Waals surface area contributed by atoms with E-state index in [-0.39, 0.29) is 0 Å². The standard InChI is InChI=1S/C11H15NO2/c12-10-3-2-9-8-13-6-1-7-14-11(9)5-4-10/h3-5H,1-2,6-8,12H2. The molecule has 1 heterocycles. The lowest BCUT2D eigenvalue weighted by Gasteiger charge is -2.16. The van der Waals surface area contributed by atoms with Gasteiger partial charge in [0.15, 0.2) is 0 Å². The van der Waals surface area contributed by atoms with Gasteiger partial charge in [0.25, 0.3) is 0 Å². The third-order valence-electron chi connectivity index (χ3n) is 2.33. The van der Waals surface area contributed by atoms with Crippen molar-refractivity contribution in [2.75, 3.05) is 19.8 Å². The normalized spacial score (nSPS) is 22.7. The number of allylic oxidation sites excluding steroid dienone is 3. The first-order valence-corrected chi connectivity index (χ1v) is 4.92. The highest BCUT2D eigenvalue weighted by molar-refractivity contribution is 5.32. The fourth-order valence-corrected chi connectivity index (χ4v) is 1.52. The second-order valence-corrected chi connectivity index (χ2v) is 3.46. The summed E-state index contributed by atoms with van der Waals surface area (Å²) in [5, 5.41) is 0. The SMILES string of the molecule is NC1=CCC2=C(C=C1)OCCCOC2. The molecular formula is C11H15NO2. The van der Waals surface area contributed by atoms with Gasteiger partial charge < -0.3 is 15.2 Å². The monoisotopic (exact) mass is 193 g/mol. The van der Waals surface area contributed by atoms with E-state index in [4.69, 9.17) is 15.2 Å². The van der Waals surface area contributed by atoms with Gasteiger partial charge in [-0.2, -0.15) is 0 Å². The lowest BCUT2D eigenvalue weighted by molar-refractivity contribution is 0.102. The van der Waals surface area contributed by atoms with Crippen LogP contribution in [0.1, 0.15) is 12.8 Å². The Morgan fingerprint density at radius 3 is 3.07 bits per heavy atom. The van der Waals surface area contributed by atoms with Crippen LogP contribution in [0.15, 0.2) is 35.3 Å². The molecule has 2 rings (SSSR count). The molecule has 0 unspecified atom stereocenters. The largest absolute Gasteiger partial charge is 0.493 e. The molecule has 0 radical (unpaired) electrons. The average Bonchev–Trinajstić information content (AvgIpc) is 2.29. The van der Waals surface area contributed by atoms with Crippen molar-refractivity contribution in [2.45, 2.75) is 12.8 Å². The Kier molecular flexibility index (Phi) is 2.89. The van der Waals surface area contributed by atoms with Crippen molar-refractivity contribution in [1.29, 1.82) is 0 Å². The summed E-state index contributed by atoms with van der Waals surface area (Å²) >= 11 is 0. The van der Waals surface area contributed by atoms with E-state index >= 15 is 0 Å². The van der Waals surface area contributed by atoms with E-state index in [0.717, 1.165) is 37.5 Å². The van der Waals surface area contributed by atoms with E-state index in [0.29, 0.717) is 6.61 Å². The summed E-state index contributed by atoms with van der Waals surface area (Å²) in [5.41, 5.74) is 7.69. The fraction of sp³-hybridized carbons (Fsp3) is 0.455. The van der Waals surface area contributed by atoms with E-state index in [2.05, 4.69) is 0 Å². The quantitative estimate of drug-likeness (QED) is 0.633. The number of hydrogen-bond donors (Lipinski definition) is 1. The predicted molar refractivity (Wildman–Crippen MR) is 54.4 cm³/mol. The minimum atomic E-state index is 0.656. The van der Waals surface area contributed by atoms with Crippen LogP contribution < -0.4 is 5.73 Å². The molecular weight excluding hydrogens is 178 g/mol. The molecule has 3 nitrogen and oxygen atoms in total. The Labute approximate surface area is 83.9 Å². The summed E-state index contributed by atoms with van der Waals surface area (Å²) in [7, 11) is 0. The predicted octanol–water partition coefficient (Wildman–Crippen LogP) is 1.48. The fourth-order valence-electron chi connectivity index (χ4n) is 1.52. The number of ether oxygens (including phenoxy) is 2. The van der Waals surface area contributed by atoms with Crippen molar-refractivity contribution < 1.29 is 9.47 Å². The zero-order valence-electron chi connectivity index (χ0n) is 8.16. The molecule has 14 heavy (non-hydrogen) atoms.